The first kappa shape index (κ1) is 12.2. The van der Waals surface area contributed by atoms with Crippen LogP contribution in [-0.4, -0.2) is 47.9 Å². The first-order chi connectivity index (χ1) is 9.29. The van der Waals surface area contributed by atoms with Crippen LogP contribution in [-0.2, 0) is 4.79 Å². The topological polar surface area (TPSA) is 23.6 Å². The molecule has 4 rings (SSSR count). The average molecular weight is 262 g/mol. The van der Waals surface area contributed by atoms with Gasteiger partial charge in [0.15, 0.2) is 0 Å². The highest BCUT2D eigenvalue weighted by Crippen LogP contribution is 2.49. The van der Waals surface area contributed by atoms with Gasteiger partial charge in [0.1, 0.15) is 0 Å². The Morgan fingerprint density at radius 2 is 1.95 bits per heavy atom. The van der Waals surface area contributed by atoms with Crippen LogP contribution < -0.4 is 0 Å². The third-order valence-corrected chi connectivity index (χ3v) is 6.24. The second kappa shape index (κ2) is 4.76. The molecule has 3 nitrogen and oxygen atoms in total. The van der Waals surface area contributed by atoms with Gasteiger partial charge < -0.3 is 4.90 Å². The minimum absolute atomic E-state index is 0.459. The average Bonchev–Trinajstić information content (AvgIpc) is 3.01. The van der Waals surface area contributed by atoms with Crippen molar-refractivity contribution < 1.29 is 4.79 Å². The SMILES string of the molecule is O=C(CC1CC2CCC1C2)N1CCC(N2CCC2)C1. The van der Waals surface area contributed by atoms with Gasteiger partial charge in [-0.2, -0.15) is 0 Å². The van der Waals surface area contributed by atoms with Crippen molar-refractivity contribution in [1.29, 1.82) is 0 Å². The standard InChI is InChI=1S/C16H26N2O/c19-16(10-14-9-12-2-3-13(14)8-12)18-7-4-15(11-18)17-5-1-6-17/h12-15H,1-11H2. The maximum Gasteiger partial charge on any atom is 0.222 e. The third kappa shape index (κ3) is 2.20. The van der Waals surface area contributed by atoms with E-state index in [2.05, 4.69) is 9.80 Å². The van der Waals surface area contributed by atoms with Gasteiger partial charge in [-0.25, -0.2) is 0 Å². The number of fused-ring (bicyclic) bond motifs is 2. The molecule has 1 amide bonds. The first-order valence-electron chi connectivity index (χ1n) is 8.31. The van der Waals surface area contributed by atoms with Crippen molar-refractivity contribution >= 4 is 5.91 Å². The molecule has 2 saturated carbocycles. The van der Waals surface area contributed by atoms with E-state index in [9.17, 15) is 4.79 Å². The van der Waals surface area contributed by atoms with E-state index < -0.39 is 0 Å². The van der Waals surface area contributed by atoms with Gasteiger partial charge in [-0.15, -0.1) is 0 Å². The van der Waals surface area contributed by atoms with Crippen molar-refractivity contribution in [1.82, 2.24) is 9.80 Å². The van der Waals surface area contributed by atoms with Crippen LogP contribution in [0, 0.1) is 17.8 Å². The van der Waals surface area contributed by atoms with Crippen molar-refractivity contribution in [3.05, 3.63) is 0 Å². The predicted molar refractivity (Wildman–Crippen MR) is 74.7 cm³/mol. The smallest absolute Gasteiger partial charge is 0.222 e. The largest absolute Gasteiger partial charge is 0.341 e. The zero-order chi connectivity index (χ0) is 12.8. The Morgan fingerprint density at radius 3 is 2.58 bits per heavy atom. The molecule has 0 spiro atoms. The van der Waals surface area contributed by atoms with Gasteiger partial charge in [-0.1, -0.05) is 6.42 Å². The van der Waals surface area contributed by atoms with Gasteiger partial charge in [0.2, 0.25) is 5.91 Å². The Hall–Kier alpha value is -0.570. The summed E-state index contributed by atoms with van der Waals surface area (Å²) in [5, 5.41) is 0. The Labute approximate surface area is 116 Å². The molecule has 2 heterocycles. The summed E-state index contributed by atoms with van der Waals surface area (Å²) >= 11 is 0. The zero-order valence-corrected chi connectivity index (χ0v) is 11.9. The van der Waals surface area contributed by atoms with Crippen molar-refractivity contribution in [3.63, 3.8) is 0 Å². The Balaban J connectivity index is 1.29. The summed E-state index contributed by atoms with van der Waals surface area (Å²) in [6.07, 6.45) is 9.04. The number of carbonyl (C=O) groups excluding carboxylic acids is 1. The lowest BCUT2D eigenvalue weighted by molar-refractivity contribution is -0.131. The van der Waals surface area contributed by atoms with Crippen LogP contribution in [0.15, 0.2) is 0 Å². The molecule has 4 aliphatic rings. The lowest BCUT2D eigenvalue weighted by Crippen LogP contribution is -2.46. The van der Waals surface area contributed by atoms with Crippen LogP contribution in [0.3, 0.4) is 0 Å². The van der Waals surface area contributed by atoms with Gasteiger partial charge in [0.25, 0.3) is 0 Å². The summed E-state index contributed by atoms with van der Waals surface area (Å²) in [7, 11) is 0. The molecule has 3 heteroatoms. The minimum atomic E-state index is 0.459. The monoisotopic (exact) mass is 262 g/mol. The Kier molecular flexibility index (Phi) is 3.06. The van der Waals surface area contributed by atoms with Crippen LogP contribution in [0.5, 0.6) is 0 Å². The molecular formula is C16H26N2O. The Morgan fingerprint density at radius 1 is 1.05 bits per heavy atom. The molecule has 4 fully saturated rings. The fraction of sp³-hybridized carbons (Fsp3) is 0.938. The van der Waals surface area contributed by atoms with Crippen molar-refractivity contribution in [2.24, 2.45) is 17.8 Å². The highest BCUT2D eigenvalue weighted by atomic mass is 16.2. The van der Waals surface area contributed by atoms with E-state index in [1.54, 1.807) is 0 Å². The molecule has 0 aromatic rings. The summed E-state index contributed by atoms with van der Waals surface area (Å²) in [5.41, 5.74) is 0. The van der Waals surface area contributed by atoms with Crippen molar-refractivity contribution in [3.8, 4) is 0 Å². The first-order valence-corrected chi connectivity index (χ1v) is 8.31. The van der Waals surface area contributed by atoms with Gasteiger partial charge in [0.05, 0.1) is 0 Å². The summed E-state index contributed by atoms with van der Waals surface area (Å²) in [5.74, 6) is 3.05. The third-order valence-electron chi connectivity index (χ3n) is 6.24. The van der Waals surface area contributed by atoms with E-state index >= 15 is 0 Å². The molecule has 19 heavy (non-hydrogen) atoms. The van der Waals surface area contributed by atoms with Gasteiger partial charge in [-0.05, 0) is 62.9 Å². The van der Waals surface area contributed by atoms with E-state index in [1.165, 1.54) is 51.6 Å². The van der Waals surface area contributed by atoms with Gasteiger partial charge in [-0.3, -0.25) is 9.69 Å². The number of rotatable bonds is 3. The number of hydrogen-bond donors (Lipinski definition) is 0. The summed E-state index contributed by atoms with van der Waals surface area (Å²) in [6.45, 7) is 4.55. The van der Waals surface area contributed by atoms with Crippen LogP contribution in [0.1, 0.15) is 44.9 Å². The quantitative estimate of drug-likeness (QED) is 0.778. The van der Waals surface area contributed by atoms with Crippen LogP contribution in [0.4, 0.5) is 0 Å². The van der Waals surface area contributed by atoms with E-state index in [-0.39, 0.29) is 0 Å². The van der Waals surface area contributed by atoms with Gasteiger partial charge >= 0.3 is 0 Å². The Bertz CT molecular complexity index is 366. The van der Waals surface area contributed by atoms with E-state index in [0.29, 0.717) is 11.9 Å². The molecule has 0 radical (unpaired) electrons. The maximum absolute atomic E-state index is 12.5. The molecule has 106 valence electrons. The van der Waals surface area contributed by atoms with Crippen LogP contribution in [0.25, 0.3) is 0 Å². The number of likely N-dealkylation sites (tertiary alicyclic amines) is 2. The van der Waals surface area contributed by atoms with E-state index in [0.717, 1.165) is 37.3 Å². The molecule has 4 unspecified atom stereocenters. The number of nitrogens with zero attached hydrogens (tertiary/aromatic N) is 2. The van der Waals surface area contributed by atoms with Gasteiger partial charge in [0, 0.05) is 25.6 Å². The van der Waals surface area contributed by atoms with Crippen LogP contribution in [0.2, 0.25) is 0 Å². The molecule has 0 aromatic carbocycles. The molecule has 2 saturated heterocycles. The number of amides is 1. The van der Waals surface area contributed by atoms with Crippen molar-refractivity contribution in [2.45, 2.75) is 51.0 Å². The van der Waals surface area contributed by atoms with Crippen molar-refractivity contribution in [2.75, 3.05) is 26.2 Å². The highest BCUT2D eigenvalue weighted by molar-refractivity contribution is 5.77. The van der Waals surface area contributed by atoms with E-state index in [4.69, 9.17) is 0 Å². The van der Waals surface area contributed by atoms with E-state index in [1.807, 2.05) is 0 Å². The second-order valence-corrected chi connectivity index (χ2v) is 7.31. The lowest BCUT2D eigenvalue weighted by atomic mass is 9.86. The summed E-state index contributed by atoms with van der Waals surface area (Å²) in [6, 6.07) is 0.678. The molecular weight excluding hydrogens is 236 g/mol. The number of carbonyl (C=O) groups is 1. The lowest BCUT2D eigenvalue weighted by Gasteiger charge is -2.36. The highest BCUT2D eigenvalue weighted by Gasteiger charge is 2.41. The second-order valence-electron chi connectivity index (χ2n) is 7.31. The fourth-order valence-corrected chi connectivity index (χ4v) is 4.95. The molecule has 4 atom stereocenters. The van der Waals surface area contributed by atoms with Crippen LogP contribution >= 0.6 is 0 Å². The minimum Gasteiger partial charge on any atom is -0.341 e. The number of hydrogen-bond acceptors (Lipinski definition) is 2. The molecule has 0 aromatic heterocycles. The molecule has 2 aliphatic carbocycles. The molecule has 2 bridgehead atoms. The normalized spacial score (nSPS) is 41.8. The molecule has 2 aliphatic heterocycles. The summed E-state index contributed by atoms with van der Waals surface area (Å²) < 4.78 is 0. The summed E-state index contributed by atoms with van der Waals surface area (Å²) in [4.78, 5) is 17.2. The molecule has 0 N–H and O–H groups in total. The zero-order valence-electron chi connectivity index (χ0n) is 11.9. The predicted octanol–water partition coefficient (Wildman–Crippen LogP) is 2.12. The maximum atomic E-state index is 12.5. The fourth-order valence-electron chi connectivity index (χ4n) is 4.95.